The fraction of sp³-hybridized carbons (Fsp3) is 0.833. The van der Waals surface area contributed by atoms with Gasteiger partial charge in [0.1, 0.15) is 0 Å². The molecule has 0 aromatic carbocycles. The van der Waals surface area contributed by atoms with Gasteiger partial charge in [-0.1, -0.05) is 0 Å². The number of hydrogen-bond donors (Lipinski definition) is 2. The lowest BCUT2D eigenvalue weighted by Crippen LogP contribution is -2.35. The first-order chi connectivity index (χ1) is 4.59. The summed E-state index contributed by atoms with van der Waals surface area (Å²) >= 11 is 3.99. The van der Waals surface area contributed by atoms with Crippen LogP contribution in [0.3, 0.4) is 0 Å². The third-order valence-corrected chi connectivity index (χ3v) is 1.42. The minimum Gasteiger partial charge on any atom is -0.344 e. The molecular weight excluding hydrogens is 148 g/mol. The Kier molecular flexibility index (Phi) is 4.47. The molecule has 0 spiro atoms. The van der Waals surface area contributed by atoms with E-state index in [1.165, 1.54) is 0 Å². The van der Waals surface area contributed by atoms with Crippen LogP contribution in [0.25, 0.3) is 0 Å². The fourth-order valence-corrected chi connectivity index (χ4v) is 0.820. The maximum absolute atomic E-state index is 11.0. The molecule has 0 heterocycles. The average molecular weight is 162 g/mol. The maximum atomic E-state index is 11.0. The smallest absolute Gasteiger partial charge is 0.234 e. The zero-order chi connectivity index (χ0) is 8.15. The molecule has 0 saturated heterocycles. The molecule has 0 aliphatic heterocycles. The normalized spacial score (nSPS) is 12.8. The van der Waals surface area contributed by atoms with Crippen LogP contribution in [0.5, 0.6) is 0 Å². The lowest BCUT2D eigenvalue weighted by atomic mass is 10.4. The number of thiol groups is 1. The summed E-state index contributed by atoms with van der Waals surface area (Å²) in [5.74, 6) is 0.0220. The van der Waals surface area contributed by atoms with Gasteiger partial charge in [-0.25, -0.2) is 0 Å². The highest BCUT2D eigenvalue weighted by Crippen LogP contribution is 1.97. The molecule has 0 saturated carbocycles. The van der Waals surface area contributed by atoms with Crippen LogP contribution >= 0.6 is 12.6 Å². The molecule has 0 bridgehead atoms. The van der Waals surface area contributed by atoms with Crippen molar-refractivity contribution in [3.8, 4) is 0 Å². The van der Waals surface area contributed by atoms with Crippen LogP contribution in [-0.4, -0.2) is 36.2 Å². The van der Waals surface area contributed by atoms with Gasteiger partial charge >= 0.3 is 0 Å². The minimum atomic E-state index is -0.225. The van der Waals surface area contributed by atoms with Crippen LogP contribution in [0.15, 0.2) is 0 Å². The zero-order valence-corrected chi connectivity index (χ0v) is 7.27. The molecule has 10 heavy (non-hydrogen) atoms. The topological polar surface area (TPSA) is 46.3 Å². The maximum Gasteiger partial charge on any atom is 0.234 e. The number of nitrogens with zero attached hydrogens (tertiary/aromatic N) is 1. The predicted molar refractivity (Wildman–Crippen MR) is 45.1 cm³/mol. The second-order valence-electron chi connectivity index (χ2n) is 2.22. The van der Waals surface area contributed by atoms with E-state index in [0.717, 1.165) is 0 Å². The van der Waals surface area contributed by atoms with Gasteiger partial charge in [0.15, 0.2) is 0 Å². The van der Waals surface area contributed by atoms with Crippen molar-refractivity contribution in [1.29, 1.82) is 0 Å². The lowest BCUT2D eigenvalue weighted by molar-refractivity contribution is -0.128. The summed E-state index contributed by atoms with van der Waals surface area (Å²) in [7, 11) is 1.72. The molecule has 0 rings (SSSR count). The Morgan fingerprint density at radius 2 is 2.30 bits per heavy atom. The van der Waals surface area contributed by atoms with Gasteiger partial charge in [0.25, 0.3) is 0 Å². The van der Waals surface area contributed by atoms with Gasteiger partial charge in [-0.15, -0.1) is 0 Å². The Hall–Kier alpha value is -0.220. The van der Waals surface area contributed by atoms with Crippen LogP contribution in [0.2, 0.25) is 0 Å². The predicted octanol–water partition coefficient (Wildman–Crippen LogP) is -0.278. The van der Waals surface area contributed by atoms with Crippen molar-refractivity contribution < 1.29 is 4.79 Å². The quantitative estimate of drug-likeness (QED) is 0.561. The summed E-state index contributed by atoms with van der Waals surface area (Å²) in [6.07, 6.45) is 0. The zero-order valence-electron chi connectivity index (χ0n) is 6.37. The lowest BCUT2D eigenvalue weighted by Gasteiger charge is -2.17. The SMILES string of the molecule is CC(S)C(=O)N(C)CCN. The van der Waals surface area contributed by atoms with E-state index in [1.807, 2.05) is 0 Å². The summed E-state index contributed by atoms with van der Waals surface area (Å²) < 4.78 is 0. The molecule has 0 aromatic heterocycles. The standard InChI is InChI=1S/C6H14N2OS/c1-5(10)6(9)8(2)4-3-7/h5,10H,3-4,7H2,1-2H3. The molecule has 0 aliphatic carbocycles. The van der Waals surface area contributed by atoms with E-state index in [1.54, 1.807) is 18.9 Å². The van der Waals surface area contributed by atoms with Gasteiger partial charge in [-0.05, 0) is 6.92 Å². The number of likely N-dealkylation sites (N-methyl/N-ethyl adjacent to an activating group) is 1. The van der Waals surface area contributed by atoms with E-state index in [-0.39, 0.29) is 11.2 Å². The first-order valence-corrected chi connectivity index (χ1v) is 3.74. The number of rotatable bonds is 3. The molecule has 2 N–H and O–H groups in total. The molecule has 0 radical (unpaired) electrons. The summed E-state index contributed by atoms with van der Waals surface area (Å²) in [5, 5.41) is -0.225. The van der Waals surface area contributed by atoms with E-state index in [9.17, 15) is 4.79 Å². The molecule has 1 atom stereocenters. The van der Waals surface area contributed by atoms with E-state index in [0.29, 0.717) is 13.1 Å². The van der Waals surface area contributed by atoms with Gasteiger partial charge in [0, 0.05) is 20.1 Å². The second-order valence-corrected chi connectivity index (χ2v) is 3.00. The number of nitrogens with two attached hydrogens (primary N) is 1. The van der Waals surface area contributed by atoms with Gasteiger partial charge in [-0.3, -0.25) is 4.79 Å². The van der Waals surface area contributed by atoms with E-state index in [2.05, 4.69) is 12.6 Å². The van der Waals surface area contributed by atoms with Crippen LogP contribution in [0.4, 0.5) is 0 Å². The molecule has 0 fully saturated rings. The van der Waals surface area contributed by atoms with E-state index < -0.39 is 0 Å². The highest BCUT2D eigenvalue weighted by Gasteiger charge is 2.11. The van der Waals surface area contributed by atoms with Gasteiger partial charge in [-0.2, -0.15) is 12.6 Å². The average Bonchev–Trinajstić information content (AvgIpc) is 1.87. The first-order valence-electron chi connectivity index (χ1n) is 3.22. The van der Waals surface area contributed by atoms with E-state index >= 15 is 0 Å². The van der Waals surface area contributed by atoms with Crippen molar-refractivity contribution in [3.63, 3.8) is 0 Å². The van der Waals surface area contributed by atoms with Crippen molar-refractivity contribution in [2.45, 2.75) is 12.2 Å². The fourth-order valence-electron chi connectivity index (χ4n) is 0.623. The Morgan fingerprint density at radius 3 is 2.60 bits per heavy atom. The Balaban J connectivity index is 3.71. The van der Waals surface area contributed by atoms with Gasteiger partial charge < -0.3 is 10.6 Å². The highest BCUT2D eigenvalue weighted by atomic mass is 32.1. The molecule has 0 aliphatic rings. The largest absolute Gasteiger partial charge is 0.344 e. The number of carbonyl (C=O) groups excluding carboxylic acids is 1. The molecule has 1 amide bonds. The molecule has 0 aromatic rings. The third-order valence-electron chi connectivity index (χ3n) is 1.20. The number of carbonyl (C=O) groups is 1. The van der Waals surface area contributed by atoms with Crippen molar-refractivity contribution in [1.82, 2.24) is 4.90 Å². The molecule has 60 valence electrons. The summed E-state index contributed by atoms with van der Waals surface area (Å²) in [6, 6.07) is 0. The summed E-state index contributed by atoms with van der Waals surface area (Å²) in [6.45, 7) is 2.85. The van der Waals surface area contributed by atoms with Crippen molar-refractivity contribution in [2.24, 2.45) is 5.73 Å². The first kappa shape index (κ1) is 9.78. The van der Waals surface area contributed by atoms with Crippen molar-refractivity contribution in [2.75, 3.05) is 20.1 Å². The van der Waals surface area contributed by atoms with Crippen molar-refractivity contribution in [3.05, 3.63) is 0 Å². The monoisotopic (exact) mass is 162 g/mol. The molecule has 3 nitrogen and oxygen atoms in total. The molecule has 4 heteroatoms. The Labute approximate surface area is 67.0 Å². The van der Waals surface area contributed by atoms with Crippen LogP contribution in [0.1, 0.15) is 6.92 Å². The Morgan fingerprint density at radius 1 is 1.80 bits per heavy atom. The summed E-state index contributed by atoms with van der Waals surface area (Å²) in [4.78, 5) is 12.6. The van der Waals surface area contributed by atoms with E-state index in [4.69, 9.17) is 5.73 Å². The number of hydrogen-bond acceptors (Lipinski definition) is 3. The van der Waals surface area contributed by atoms with Crippen LogP contribution in [0, 0.1) is 0 Å². The van der Waals surface area contributed by atoms with Gasteiger partial charge in [0.2, 0.25) is 5.91 Å². The minimum absolute atomic E-state index is 0.0220. The number of amides is 1. The second kappa shape index (κ2) is 4.57. The van der Waals surface area contributed by atoms with Crippen molar-refractivity contribution >= 4 is 18.5 Å². The summed E-state index contributed by atoms with van der Waals surface area (Å²) in [5.41, 5.74) is 5.25. The van der Waals surface area contributed by atoms with Gasteiger partial charge in [0.05, 0.1) is 5.25 Å². The Bertz CT molecular complexity index is 116. The molecular formula is C6H14N2OS. The third kappa shape index (κ3) is 3.08. The molecule has 1 unspecified atom stereocenters. The van der Waals surface area contributed by atoms with Crippen LogP contribution < -0.4 is 5.73 Å². The van der Waals surface area contributed by atoms with Crippen LogP contribution in [-0.2, 0) is 4.79 Å². The highest BCUT2D eigenvalue weighted by molar-refractivity contribution is 7.81.